The Kier molecular flexibility index (Phi) is 2.40. The average Bonchev–Trinajstić information content (AvgIpc) is 2.58. The van der Waals surface area contributed by atoms with Crippen molar-refractivity contribution in [1.82, 2.24) is 5.16 Å². The van der Waals surface area contributed by atoms with E-state index in [2.05, 4.69) is 5.16 Å². The van der Waals surface area contributed by atoms with Crippen molar-refractivity contribution in [2.75, 3.05) is 5.73 Å². The first-order valence-corrected chi connectivity index (χ1v) is 4.95. The van der Waals surface area contributed by atoms with Crippen LogP contribution in [-0.4, -0.2) is 5.16 Å². The van der Waals surface area contributed by atoms with Gasteiger partial charge in [-0.15, -0.1) is 0 Å². The number of rotatable bonds is 1. The van der Waals surface area contributed by atoms with E-state index in [1.54, 1.807) is 6.07 Å². The normalized spacial score (nSPS) is 10.6. The Morgan fingerprint density at radius 3 is 2.60 bits per heavy atom. The number of aryl methyl sites for hydroxylation is 1. The van der Waals surface area contributed by atoms with Gasteiger partial charge in [0, 0.05) is 16.7 Å². The number of benzene rings is 1. The lowest BCUT2D eigenvalue weighted by atomic mass is 10.0. The van der Waals surface area contributed by atoms with Crippen LogP contribution in [0.15, 0.2) is 22.7 Å². The summed E-state index contributed by atoms with van der Waals surface area (Å²) in [5.74, 6) is 0.307. The number of hydrogen-bond donors (Lipinski definition) is 1. The number of hydrogen-bond acceptors (Lipinski definition) is 3. The van der Waals surface area contributed by atoms with Gasteiger partial charge in [-0.1, -0.05) is 16.8 Å². The smallest absolute Gasteiger partial charge is 0.222 e. The molecule has 4 heteroatoms. The van der Waals surface area contributed by atoms with Crippen molar-refractivity contribution in [3.8, 4) is 11.3 Å². The zero-order valence-electron chi connectivity index (χ0n) is 8.54. The first kappa shape index (κ1) is 10.1. The second-order valence-electron chi connectivity index (χ2n) is 3.51. The fourth-order valence-electron chi connectivity index (χ4n) is 1.50. The van der Waals surface area contributed by atoms with Crippen LogP contribution in [0.25, 0.3) is 11.3 Å². The van der Waals surface area contributed by atoms with Crippen molar-refractivity contribution in [1.29, 1.82) is 0 Å². The molecule has 0 aliphatic carbocycles. The highest BCUT2D eigenvalue weighted by molar-refractivity contribution is 6.31. The molecule has 0 saturated carbocycles. The second kappa shape index (κ2) is 3.59. The summed E-state index contributed by atoms with van der Waals surface area (Å²) in [5.41, 5.74) is 9.41. The number of halogens is 1. The zero-order chi connectivity index (χ0) is 11.0. The van der Waals surface area contributed by atoms with E-state index >= 15 is 0 Å². The molecule has 0 aliphatic rings. The van der Waals surface area contributed by atoms with E-state index in [4.69, 9.17) is 21.9 Å². The van der Waals surface area contributed by atoms with Crippen LogP contribution < -0.4 is 5.73 Å². The lowest BCUT2D eigenvalue weighted by molar-refractivity contribution is 0.439. The van der Waals surface area contributed by atoms with Crippen LogP contribution in [0.3, 0.4) is 0 Å². The minimum atomic E-state index is 0.307. The summed E-state index contributed by atoms with van der Waals surface area (Å²) in [6, 6.07) is 5.48. The third kappa shape index (κ3) is 1.83. The van der Waals surface area contributed by atoms with E-state index < -0.39 is 0 Å². The van der Waals surface area contributed by atoms with Crippen LogP contribution >= 0.6 is 11.6 Å². The molecule has 1 aromatic carbocycles. The highest BCUT2D eigenvalue weighted by Crippen LogP contribution is 2.29. The van der Waals surface area contributed by atoms with Crippen molar-refractivity contribution in [3.05, 3.63) is 34.3 Å². The minimum absolute atomic E-state index is 0.307. The van der Waals surface area contributed by atoms with E-state index in [9.17, 15) is 0 Å². The molecule has 3 nitrogen and oxygen atoms in total. The monoisotopic (exact) mass is 222 g/mol. The zero-order valence-corrected chi connectivity index (χ0v) is 9.30. The molecule has 0 atom stereocenters. The van der Waals surface area contributed by atoms with E-state index in [0.717, 1.165) is 22.4 Å². The Labute approximate surface area is 92.8 Å². The number of aromatic nitrogens is 1. The van der Waals surface area contributed by atoms with Crippen LogP contribution in [0.2, 0.25) is 5.02 Å². The Morgan fingerprint density at radius 2 is 2.00 bits per heavy atom. The molecule has 1 heterocycles. The summed E-state index contributed by atoms with van der Waals surface area (Å²) in [5, 5.41) is 4.56. The summed E-state index contributed by atoms with van der Waals surface area (Å²) in [7, 11) is 0. The van der Waals surface area contributed by atoms with Crippen molar-refractivity contribution >= 4 is 17.5 Å². The third-order valence-electron chi connectivity index (χ3n) is 2.44. The Hall–Kier alpha value is -1.48. The Morgan fingerprint density at radius 1 is 1.27 bits per heavy atom. The first-order chi connectivity index (χ1) is 7.08. The van der Waals surface area contributed by atoms with Crippen molar-refractivity contribution in [2.45, 2.75) is 13.8 Å². The summed E-state index contributed by atoms with van der Waals surface area (Å²) >= 11 is 5.99. The molecule has 0 fully saturated rings. The van der Waals surface area contributed by atoms with Crippen LogP contribution in [0.5, 0.6) is 0 Å². The van der Waals surface area contributed by atoms with E-state index in [0.29, 0.717) is 10.9 Å². The van der Waals surface area contributed by atoms with Gasteiger partial charge in [0.1, 0.15) is 5.69 Å². The number of nitrogen functional groups attached to an aromatic ring is 1. The maximum absolute atomic E-state index is 5.99. The van der Waals surface area contributed by atoms with Gasteiger partial charge in [-0.05, 0) is 37.1 Å². The Bertz CT molecular complexity index is 505. The van der Waals surface area contributed by atoms with Gasteiger partial charge in [0.05, 0.1) is 0 Å². The number of nitrogens with zero attached hydrogens (tertiary/aromatic N) is 1. The summed E-state index contributed by atoms with van der Waals surface area (Å²) in [6.07, 6.45) is 0. The molecule has 0 saturated heterocycles. The maximum atomic E-state index is 5.99. The molecule has 2 rings (SSSR count). The van der Waals surface area contributed by atoms with Crippen LogP contribution in [0, 0.1) is 13.8 Å². The predicted octanol–water partition coefficient (Wildman–Crippen LogP) is 3.19. The molecular formula is C11H11ClN2O. The molecule has 0 spiro atoms. The summed E-state index contributed by atoms with van der Waals surface area (Å²) in [6.45, 7) is 4.03. The fourth-order valence-corrected chi connectivity index (χ4v) is 1.77. The maximum Gasteiger partial charge on any atom is 0.222 e. The quantitative estimate of drug-likeness (QED) is 0.806. The van der Waals surface area contributed by atoms with Gasteiger partial charge in [0.15, 0.2) is 0 Å². The number of nitrogens with two attached hydrogens (primary N) is 1. The van der Waals surface area contributed by atoms with Crippen molar-refractivity contribution < 1.29 is 4.52 Å². The highest BCUT2D eigenvalue weighted by Gasteiger charge is 2.09. The summed E-state index contributed by atoms with van der Waals surface area (Å²) < 4.78 is 4.84. The average molecular weight is 223 g/mol. The molecule has 1 aromatic heterocycles. The predicted molar refractivity (Wildman–Crippen MR) is 60.8 cm³/mol. The standard InChI is InChI=1S/C11H11ClN2O/c1-6-3-8(12)4-9(7(6)2)10-5-11(13)15-14-10/h3-5H,13H2,1-2H3. The second-order valence-corrected chi connectivity index (χ2v) is 3.95. The molecule has 2 N–H and O–H groups in total. The van der Waals surface area contributed by atoms with Gasteiger partial charge in [0.2, 0.25) is 5.88 Å². The van der Waals surface area contributed by atoms with Gasteiger partial charge in [0.25, 0.3) is 0 Å². The largest absolute Gasteiger partial charge is 0.368 e. The van der Waals surface area contributed by atoms with Crippen molar-refractivity contribution in [2.24, 2.45) is 0 Å². The van der Waals surface area contributed by atoms with E-state index in [1.807, 2.05) is 26.0 Å². The topological polar surface area (TPSA) is 52.0 Å². The molecule has 0 amide bonds. The molecule has 2 aromatic rings. The van der Waals surface area contributed by atoms with E-state index in [1.165, 1.54) is 0 Å². The van der Waals surface area contributed by atoms with Crippen LogP contribution in [0.1, 0.15) is 11.1 Å². The SMILES string of the molecule is Cc1cc(Cl)cc(-c2cc(N)on2)c1C. The summed E-state index contributed by atoms with van der Waals surface area (Å²) in [4.78, 5) is 0. The molecule has 15 heavy (non-hydrogen) atoms. The van der Waals surface area contributed by atoms with Gasteiger partial charge in [-0.2, -0.15) is 0 Å². The fraction of sp³-hybridized carbons (Fsp3) is 0.182. The molecule has 0 bridgehead atoms. The van der Waals surface area contributed by atoms with E-state index in [-0.39, 0.29) is 0 Å². The highest BCUT2D eigenvalue weighted by atomic mass is 35.5. The Balaban J connectivity index is 2.62. The molecule has 0 unspecified atom stereocenters. The van der Waals surface area contributed by atoms with Crippen LogP contribution in [-0.2, 0) is 0 Å². The first-order valence-electron chi connectivity index (χ1n) is 4.57. The van der Waals surface area contributed by atoms with Gasteiger partial charge >= 0.3 is 0 Å². The molecule has 78 valence electrons. The lowest BCUT2D eigenvalue weighted by Gasteiger charge is -2.06. The molecule has 0 radical (unpaired) electrons. The van der Waals surface area contributed by atoms with Gasteiger partial charge < -0.3 is 10.3 Å². The third-order valence-corrected chi connectivity index (χ3v) is 2.65. The van der Waals surface area contributed by atoms with Crippen LogP contribution in [0.4, 0.5) is 5.88 Å². The van der Waals surface area contributed by atoms with Gasteiger partial charge in [-0.25, -0.2) is 0 Å². The number of anilines is 1. The molecule has 0 aliphatic heterocycles. The molecular weight excluding hydrogens is 212 g/mol. The minimum Gasteiger partial charge on any atom is -0.368 e. The van der Waals surface area contributed by atoms with Gasteiger partial charge in [-0.3, -0.25) is 0 Å². The lowest BCUT2D eigenvalue weighted by Crippen LogP contribution is -1.87. The van der Waals surface area contributed by atoms with Crippen molar-refractivity contribution in [3.63, 3.8) is 0 Å².